The van der Waals surface area contributed by atoms with E-state index in [1.165, 1.54) is 28.9 Å². The lowest BCUT2D eigenvalue weighted by Crippen LogP contribution is -2.00. The number of aromatic nitrogens is 3. The second-order valence-corrected chi connectivity index (χ2v) is 4.38. The maximum Gasteiger partial charge on any atom is 0.172 e. The van der Waals surface area contributed by atoms with Gasteiger partial charge in [0, 0.05) is 5.56 Å². The highest BCUT2D eigenvalue weighted by molar-refractivity contribution is 5.83. The lowest BCUT2D eigenvalue weighted by atomic mass is 10.1. The van der Waals surface area contributed by atoms with Gasteiger partial charge in [-0.3, -0.25) is 4.79 Å². The van der Waals surface area contributed by atoms with Crippen LogP contribution >= 0.6 is 0 Å². The van der Waals surface area contributed by atoms with Gasteiger partial charge in [-0.05, 0) is 48.5 Å². The highest BCUT2D eigenvalue weighted by Crippen LogP contribution is 2.25. The summed E-state index contributed by atoms with van der Waals surface area (Å²) in [5, 5.41) is 17.1. The number of nitrogens with zero attached hydrogens (tertiary/aromatic N) is 3. The zero-order chi connectivity index (χ0) is 14.8. The fourth-order valence-electron chi connectivity index (χ4n) is 2.03. The van der Waals surface area contributed by atoms with Gasteiger partial charge in [-0.2, -0.15) is 0 Å². The topological polar surface area (TPSA) is 68.0 Å². The van der Waals surface area contributed by atoms with Crippen LogP contribution in [0.1, 0.15) is 10.5 Å². The van der Waals surface area contributed by atoms with Crippen LogP contribution in [-0.4, -0.2) is 26.4 Å². The third-order valence-electron chi connectivity index (χ3n) is 3.02. The molecule has 0 aliphatic carbocycles. The number of phenols is 1. The molecule has 3 aromatic rings. The third kappa shape index (κ3) is 2.38. The number of carbonyl (C=O) groups excluding carboxylic acids is 1. The monoisotopic (exact) mass is 283 g/mol. The van der Waals surface area contributed by atoms with Crippen molar-refractivity contribution in [3.05, 3.63) is 60.0 Å². The van der Waals surface area contributed by atoms with Crippen molar-refractivity contribution in [3.63, 3.8) is 0 Å². The molecule has 5 nitrogen and oxygen atoms in total. The van der Waals surface area contributed by atoms with Crippen LogP contribution in [-0.2, 0) is 0 Å². The zero-order valence-electron chi connectivity index (χ0n) is 10.8. The molecule has 1 aromatic heterocycles. The Morgan fingerprint density at radius 3 is 2.33 bits per heavy atom. The number of rotatable bonds is 3. The van der Waals surface area contributed by atoms with Gasteiger partial charge in [0.05, 0.1) is 5.69 Å². The van der Waals surface area contributed by atoms with Gasteiger partial charge >= 0.3 is 0 Å². The van der Waals surface area contributed by atoms with Crippen LogP contribution in [0.4, 0.5) is 4.39 Å². The molecule has 2 aromatic carbocycles. The van der Waals surface area contributed by atoms with E-state index in [4.69, 9.17) is 0 Å². The SMILES string of the molecule is O=Cc1nnn(-c2ccc(O)cc2)c1-c1ccc(F)cc1. The van der Waals surface area contributed by atoms with Crippen molar-refractivity contribution in [1.29, 1.82) is 0 Å². The van der Waals surface area contributed by atoms with Gasteiger partial charge in [0.1, 0.15) is 17.3 Å². The van der Waals surface area contributed by atoms with Crippen LogP contribution in [0.15, 0.2) is 48.5 Å². The molecule has 0 atom stereocenters. The summed E-state index contributed by atoms with van der Waals surface area (Å²) >= 11 is 0. The summed E-state index contributed by atoms with van der Waals surface area (Å²) in [6.45, 7) is 0. The largest absolute Gasteiger partial charge is 0.508 e. The van der Waals surface area contributed by atoms with Crippen LogP contribution in [0, 0.1) is 5.82 Å². The standard InChI is InChI=1S/C15H10FN3O2/c16-11-3-1-10(2-4-11)15-14(9-20)17-18-19(15)12-5-7-13(21)8-6-12/h1-9,21H. The molecule has 21 heavy (non-hydrogen) atoms. The molecule has 0 saturated heterocycles. The van der Waals surface area contributed by atoms with Crippen LogP contribution in [0.2, 0.25) is 0 Å². The molecule has 0 aliphatic rings. The molecule has 0 spiro atoms. The van der Waals surface area contributed by atoms with Gasteiger partial charge in [0.15, 0.2) is 12.0 Å². The highest BCUT2D eigenvalue weighted by atomic mass is 19.1. The molecule has 6 heteroatoms. The number of carbonyl (C=O) groups is 1. The van der Waals surface area contributed by atoms with Crippen molar-refractivity contribution in [3.8, 4) is 22.7 Å². The molecule has 0 bridgehead atoms. The van der Waals surface area contributed by atoms with Crippen LogP contribution in [0.3, 0.4) is 0 Å². The first-order valence-electron chi connectivity index (χ1n) is 6.15. The minimum absolute atomic E-state index is 0.123. The van der Waals surface area contributed by atoms with E-state index in [-0.39, 0.29) is 17.3 Å². The Morgan fingerprint density at radius 1 is 1.05 bits per heavy atom. The Balaban J connectivity index is 2.18. The normalized spacial score (nSPS) is 10.5. The minimum atomic E-state index is -0.366. The third-order valence-corrected chi connectivity index (χ3v) is 3.02. The van der Waals surface area contributed by atoms with E-state index >= 15 is 0 Å². The summed E-state index contributed by atoms with van der Waals surface area (Å²) in [6.07, 6.45) is 0.600. The maximum atomic E-state index is 13.0. The Hall–Kier alpha value is -3.02. The smallest absolute Gasteiger partial charge is 0.172 e. The van der Waals surface area contributed by atoms with Crippen molar-refractivity contribution in [1.82, 2.24) is 15.0 Å². The van der Waals surface area contributed by atoms with E-state index in [2.05, 4.69) is 10.3 Å². The number of hydrogen-bond donors (Lipinski definition) is 1. The molecule has 1 N–H and O–H groups in total. The molecular formula is C15H10FN3O2. The van der Waals surface area contributed by atoms with Gasteiger partial charge in [-0.25, -0.2) is 9.07 Å². The minimum Gasteiger partial charge on any atom is -0.508 e. The molecule has 0 unspecified atom stereocenters. The van der Waals surface area contributed by atoms with Gasteiger partial charge in [-0.15, -0.1) is 5.10 Å². The molecule has 0 aliphatic heterocycles. The van der Waals surface area contributed by atoms with Gasteiger partial charge in [0.2, 0.25) is 0 Å². The predicted octanol–water partition coefficient (Wildman–Crippen LogP) is 2.59. The number of aldehydes is 1. The number of aromatic hydroxyl groups is 1. The van der Waals surface area contributed by atoms with Gasteiger partial charge in [-0.1, -0.05) is 5.21 Å². The maximum absolute atomic E-state index is 13.0. The van der Waals surface area contributed by atoms with E-state index in [0.717, 1.165) is 0 Å². The number of benzene rings is 2. The lowest BCUT2D eigenvalue weighted by Gasteiger charge is -2.07. The summed E-state index contributed by atoms with van der Waals surface area (Å²) in [4.78, 5) is 11.1. The molecule has 3 rings (SSSR count). The van der Waals surface area contributed by atoms with Crippen molar-refractivity contribution in [2.45, 2.75) is 0 Å². The highest BCUT2D eigenvalue weighted by Gasteiger charge is 2.15. The van der Waals surface area contributed by atoms with E-state index in [9.17, 15) is 14.3 Å². The summed E-state index contributed by atoms with van der Waals surface area (Å²) < 4.78 is 14.5. The number of phenolic OH excluding ortho intramolecular Hbond substituents is 1. The average molecular weight is 283 g/mol. The number of halogens is 1. The first kappa shape index (κ1) is 13.0. The Kier molecular flexibility index (Phi) is 3.19. The zero-order valence-corrected chi connectivity index (χ0v) is 10.8. The van der Waals surface area contributed by atoms with Crippen molar-refractivity contribution in [2.24, 2.45) is 0 Å². The van der Waals surface area contributed by atoms with E-state index in [0.29, 0.717) is 23.2 Å². The molecule has 0 amide bonds. The molecule has 0 saturated carbocycles. The van der Waals surface area contributed by atoms with Crippen molar-refractivity contribution < 1.29 is 14.3 Å². The Morgan fingerprint density at radius 2 is 1.71 bits per heavy atom. The Labute approximate surface area is 119 Å². The molecule has 1 heterocycles. The summed E-state index contributed by atoms with van der Waals surface area (Å²) in [6, 6.07) is 12.0. The van der Waals surface area contributed by atoms with Gasteiger partial charge in [0.25, 0.3) is 0 Å². The summed E-state index contributed by atoms with van der Waals surface area (Å²) in [5.74, 6) is -0.243. The van der Waals surface area contributed by atoms with Crippen molar-refractivity contribution >= 4 is 6.29 Å². The van der Waals surface area contributed by atoms with Gasteiger partial charge < -0.3 is 5.11 Å². The van der Waals surface area contributed by atoms with E-state index < -0.39 is 0 Å². The second kappa shape index (κ2) is 5.16. The first-order valence-corrected chi connectivity index (χ1v) is 6.15. The Bertz CT molecular complexity index is 780. The average Bonchev–Trinajstić information content (AvgIpc) is 2.93. The molecule has 0 radical (unpaired) electrons. The predicted molar refractivity (Wildman–Crippen MR) is 73.8 cm³/mol. The summed E-state index contributed by atoms with van der Waals surface area (Å²) in [5.41, 5.74) is 1.88. The quantitative estimate of drug-likeness (QED) is 0.750. The second-order valence-electron chi connectivity index (χ2n) is 4.38. The molecule has 104 valence electrons. The lowest BCUT2D eigenvalue weighted by molar-refractivity contribution is 0.111. The fourth-order valence-corrected chi connectivity index (χ4v) is 2.03. The molecule has 0 fully saturated rings. The number of hydrogen-bond acceptors (Lipinski definition) is 4. The first-order chi connectivity index (χ1) is 10.2. The van der Waals surface area contributed by atoms with E-state index in [1.54, 1.807) is 24.3 Å². The van der Waals surface area contributed by atoms with Crippen LogP contribution in [0.25, 0.3) is 16.9 Å². The van der Waals surface area contributed by atoms with Crippen molar-refractivity contribution in [2.75, 3.05) is 0 Å². The fraction of sp³-hybridized carbons (Fsp3) is 0. The van der Waals surface area contributed by atoms with Crippen LogP contribution < -0.4 is 0 Å². The summed E-state index contributed by atoms with van der Waals surface area (Å²) in [7, 11) is 0. The van der Waals surface area contributed by atoms with Crippen LogP contribution in [0.5, 0.6) is 5.75 Å². The van der Waals surface area contributed by atoms with E-state index in [1.807, 2.05) is 0 Å². The molecular weight excluding hydrogens is 273 g/mol.